The van der Waals surface area contributed by atoms with Gasteiger partial charge in [-0.3, -0.25) is 15.6 Å². The second kappa shape index (κ2) is 7.88. The molecule has 0 bridgehead atoms. The van der Waals surface area contributed by atoms with E-state index in [2.05, 4.69) is 5.10 Å². The number of rotatable bonds is 4. The third-order valence-corrected chi connectivity index (χ3v) is 4.87. The SMILES string of the molecule is N=Cn1nc(N2CCN(C(=O)Cc3ccc(Cl)cc3Cl)CC2)ccc1=N. The first-order valence-electron chi connectivity index (χ1n) is 8.09. The van der Waals surface area contributed by atoms with Gasteiger partial charge in [0.25, 0.3) is 0 Å². The second-order valence-corrected chi connectivity index (χ2v) is 6.77. The van der Waals surface area contributed by atoms with Crippen molar-refractivity contribution in [2.45, 2.75) is 6.42 Å². The molecule has 26 heavy (non-hydrogen) atoms. The van der Waals surface area contributed by atoms with E-state index in [0.29, 0.717) is 42.0 Å². The molecule has 1 amide bonds. The largest absolute Gasteiger partial charge is 0.352 e. The van der Waals surface area contributed by atoms with Gasteiger partial charge in [0.15, 0.2) is 0 Å². The van der Waals surface area contributed by atoms with E-state index < -0.39 is 0 Å². The van der Waals surface area contributed by atoms with Crippen molar-refractivity contribution in [1.82, 2.24) is 14.7 Å². The Balaban J connectivity index is 1.62. The lowest BCUT2D eigenvalue weighted by molar-refractivity contribution is -0.130. The van der Waals surface area contributed by atoms with E-state index in [1.54, 1.807) is 30.3 Å². The lowest BCUT2D eigenvalue weighted by atomic mass is 10.1. The average Bonchev–Trinajstić information content (AvgIpc) is 2.64. The van der Waals surface area contributed by atoms with Crippen LogP contribution in [0.1, 0.15) is 5.56 Å². The molecular weight excluding hydrogens is 375 g/mol. The van der Waals surface area contributed by atoms with Crippen molar-refractivity contribution < 1.29 is 4.79 Å². The monoisotopic (exact) mass is 392 g/mol. The zero-order valence-electron chi connectivity index (χ0n) is 14.0. The summed E-state index contributed by atoms with van der Waals surface area (Å²) >= 11 is 12.0. The lowest BCUT2D eigenvalue weighted by Gasteiger charge is -2.35. The molecule has 1 fully saturated rings. The van der Waals surface area contributed by atoms with Crippen LogP contribution in [0.4, 0.5) is 5.82 Å². The van der Waals surface area contributed by atoms with E-state index in [0.717, 1.165) is 11.9 Å². The third-order valence-electron chi connectivity index (χ3n) is 4.28. The molecule has 1 aliphatic rings. The third kappa shape index (κ3) is 4.05. The van der Waals surface area contributed by atoms with Crippen LogP contribution >= 0.6 is 23.2 Å². The fraction of sp³-hybridized carbons (Fsp3) is 0.294. The van der Waals surface area contributed by atoms with Crippen molar-refractivity contribution in [3.8, 4) is 0 Å². The highest BCUT2D eigenvalue weighted by molar-refractivity contribution is 6.35. The zero-order chi connectivity index (χ0) is 18.7. The first-order chi connectivity index (χ1) is 12.5. The number of carbonyl (C=O) groups excluding carboxylic acids is 1. The fourth-order valence-electron chi connectivity index (χ4n) is 2.82. The number of carbonyl (C=O) groups is 1. The van der Waals surface area contributed by atoms with Crippen LogP contribution in [0.3, 0.4) is 0 Å². The predicted molar refractivity (Wildman–Crippen MR) is 101 cm³/mol. The predicted octanol–water partition coefficient (Wildman–Crippen LogP) is 2.02. The number of nitrogens with zero attached hydrogens (tertiary/aromatic N) is 4. The first-order valence-corrected chi connectivity index (χ1v) is 8.85. The molecule has 0 radical (unpaired) electrons. The Hall–Kier alpha value is -2.38. The van der Waals surface area contributed by atoms with E-state index in [1.165, 1.54) is 4.68 Å². The molecule has 3 rings (SSSR count). The van der Waals surface area contributed by atoms with Gasteiger partial charge < -0.3 is 9.80 Å². The molecule has 2 aromatic rings. The summed E-state index contributed by atoms with van der Waals surface area (Å²) < 4.78 is 1.20. The van der Waals surface area contributed by atoms with Crippen molar-refractivity contribution in [2.75, 3.05) is 31.1 Å². The van der Waals surface area contributed by atoms with Crippen LogP contribution in [0.2, 0.25) is 10.0 Å². The summed E-state index contributed by atoms with van der Waals surface area (Å²) in [5.74, 6) is 0.718. The van der Waals surface area contributed by atoms with Gasteiger partial charge >= 0.3 is 0 Å². The fourth-order valence-corrected chi connectivity index (χ4v) is 3.29. The Kier molecular flexibility index (Phi) is 5.58. The number of hydrogen-bond acceptors (Lipinski definition) is 5. The van der Waals surface area contributed by atoms with Gasteiger partial charge in [-0.2, -0.15) is 0 Å². The van der Waals surface area contributed by atoms with Gasteiger partial charge in [0.1, 0.15) is 17.6 Å². The molecule has 2 heterocycles. The molecule has 9 heteroatoms. The molecule has 0 atom stereocenters. The molecule has 7 nitrogen and oxygen atoms in total. The molecule has 0 aliphatic carbocycles. The van der Waals surface area contributed by atoms with Crippen LogP contribution in [0.5, 0.6) is 0 Å². The van der Waals surface area contributed by atoms with Crippen LogP contribution < -0.4 is 10.4 Å². The van der Waals surface area contributed by atoms with Crippen LogP contribution in [-0.2, 0) is 11.2 Å². The molecular formula is C17H18Cl2N6O. The van der Waals surface area contributed by atoms with Gasteiger partial charge in [0.2, 0.25) is 5.91 Å². The molecule has 1 aromatic carbocycles. The van der Waals surface area contributed by atoms with Crippen molar-refractivity contribution >= 4 is 41.3 Å². The van der Waals surface area contributed by atoms with E-state index in [9.17, 15) is 4.79 Å². The summed E-state index contributed by atoms with van der Waals surface area (Å²) in [7, 11) is 0. The van der Waals surface area contributed by atoms with Gasteiger partial charge in [-0.1, -0.05) is 29.3 Å². The summed E-state index contributed by atoms with van der Waals surface area (Å²) in [5.41, 5.74) is 0.917. The maximum absolute atomic E-state index is 12.5. The number of halogens is 2. The number of hydrogen-bond donors (Lipinski definition) is 2. The minimum Gasteiger partial charge on any atom is -0.352 e. The summed E-state index contributed by atoms with van der Waals surface area (Å²) in [5, 5.41) is 20.3. The standard InChI is InChI=1S/C17H18Cl2N6O/c18-13-2-1-12(14(19)10-13)9-17(26)24-7-5-23(6-8-24)16-4-3-15(21)25(11-20)22-16/h1-4,10-11,20-21H,5-9H2. The highest BCUT2D eigenvalue weighted by Gasteiger charge is 2.22. The van der Waals surface area contributed by atoms with Crippen LogP contribution in [0.25, 0.3) is 0 Å². The summed E-state index contributed by atoms with van der Waals surface area (Å²) in [4.78, 5) is 16.4. The van der Waals surface area contributed by atoms with Gasteiger partial charge in [-0.05, 0) is 29.8 Å². The Bertz CT molecular complexity index is 889. The van der Waals surface area contributed by atoms with E-state index in [1.807, 2.05) is 9.80 Å². The van der Waals surface area contributed by atoms with Crippen LogP contribution in [0, 0.1) is 10.8 Å². The zero-order valence-corrected chi connectivity index (χ0v) is 15.5. The Labute approximate surface area is 160 Å². The first kappa shape index (κ1) is 18.4. The average molecular weight is 393 g/mol. The normalized spacial score (nSPS) is 14.4. The van der Waals surface area contributed by atoms with Gasteiger partial charge in [0, 0.05) is 36.2 Å². The molecule has 136 valence electrons. The van der Waals surface area contributed by atoms with Crippen LogP contribution in [0.15, 0.2) is 30.3 Å². The Morgan fingerprint density at radius 2 is 1.88 bits per heavy atom. The molecule has 2 N–H and O–H groups in total. The number of anilines is 1. The van der Waals surface area contributed by atoms with Crippen molar-refractivity contribution in [3.63, 3.8) is 0 Å². The maximum Gasteiger partial charge on any atom is 0.227 e. The smallest absolute Gasteiger partial charge is 0.227 e. The minimum absolute atomic E-state index is 0.0258. The molecule has 0 spiro atoms. The van der Waals surface area contributed by atoms with Crippen molar-refractivity contribution in [2.24, 2.45) is 0 Å². The van der Waals surface area contributed by atoms with Crippen LogP contribution in [-0.4, -0.2) is 53.1 Å². The van der Waals surface area contributed by atoms with E-state index >= 15 is 0 Å². The quantitative estimate of drug-likeness (QED) is 0.615. The number of benzene rings is 1. The second-order valence-electron chi connectivity index (χ2n) is 5.93. The lowest BCUT2D eigenvalue weighted by Crippen LogP contribution is -2.49. The topological polar surface area (TPSA) is 89.1 Å². The Morgan fingerprint density at radius 3 is 2.54 bits per heavy atom. The summed E-state index contributed by atoms with van der Waals surface area (Å²) in [6, 6.07) is 8.51. The summed E-state index contributed by atoms with van der Waals surface area (Å²) in [6.45, 7) is 2.45. The number of nitrogens with one attached hydrogen (secondary N) is 2. The van der Waals surface area contributed by atoms with Gasteiger partial charge in [0.05, 0.1) is 6.42 Å². The molecule has 0 saturated carbocycles. The number of aromatic nitrogens is 2. The molecule has 1 aromatic heterocycles. The highest BCUT2D eigenvalue weighted by atomic mass is 35.5. The molecule has 1 saturated heterocycles. The van der Waals surface area contributed by atoms with Crippen molar-refractivity contribution in [3.05, 3.63) is 51.4 Å². The molecule has 0 unspecified atom stereocenters. The van der Waals surface area contributed by atoms with Gasteiger partial charge in [-0.25, -0.2) is 4.68 Å². The maximum atomic E-state index is 12.5. The number of amides is 1. The summed E-state index contributed by atoms with van der Waals surface area (Å²) in [6.07, 6.45) is 1.25. The number of piperazine rings is 1. The van der Waals surface area contributed by atoms with Crippen molar-refractivity contribution in [1.29, 1.82) is 10.8 Å². The van der Waals surface area contributed by atoms with E-state index in [4.69, 9.17) is 34.0 Å². The minimum atomic E-state index is 0.0258. The van der Waals surface area contributed by atoms with Gasteiger partial charge in [-0.15, -0.1) is 5.10 Å². The molecule has 1 aliphatic heterocycles. The highest BCUT2D eigenvalue weighted by Crippen LogP contribution is 2.22. The Morgan fingerprint density at radius 1 is 1.15 bits per heavy atom. The van der Waals surface area contributed by atoms with E-state index in [-0.39, 0.29) is 17.8 Å².